The Morgan fingerprint density at radius 1 is 1.30 bits per heavy atom. The van der Waals surface area contributed by atoms with Crippen molar-refractivity contribution in [3.63, 3.8) is 0 Å². The van der Waals surface area contributed by atoms with Crippen LogP contribution < -0.4 is 14.0 Å². The molecular weight excluding hydrogens is 363 g/mol. The molecule has 2 aliphatic heterocycles. The van der Waals surface area contributed by atoms with E-state index in [0.717, 1.165) is 11.1 Å². The summed E-state index contributed by atoms with van der Waals surface area (Å²) in [5.74, 6) is 0.791. The second-order valence-corrected chi connectivity index (χ2v) is 6.51. The van der Waals surface area contributed by atoms with Gasteiger partial charge in [-0.2, -0.15) is 0 Å². The third-order valence-corrected chi connectivity index (χ3v) is 5.15. The van der Waals surface area contributed by atoms with Gasteiger partial charge in [0.15, 0.2) is 11.5 Å². The van der Waals surface area contributed by atoms with Gasteiger partial charge in [0.2, 0.25) is 6.79 Å². The highest BCUT2D eigenvalue weighted by atomic mass is 31.0. The number of cyclic esters (lactones) is 1. The van der Waals surface area contributed by atoms with Gasteiger partial charge in [0.05, 0.1) is 22.0 Å². The summed E-state index contributed by atoms with van der Waals surface area (Å²) in [4.78, 5) is 12.6. The van der Waals surface area contributed by atoms with Gasteiger partial charge in [-0.05, 0) is 18.6 Å². The summed E-state index contributed by atoms with van der Waals surface area (Å²) >= 11 is 0. The van der Waals surface area contributed by atoms with Gasteiger partial charge in [-0.15, -0.1) is 6.58 Å². The molecule has 1 aromatic carbocycles. The Morgan fingerprint density at radius 2 is 2.04 bits per heavy atom. The standard InChI is InChI=1S/C21H23O5P/c1-4-7-8-13(5-2)19(20-14(6-3)11-23-21(20)22)15-9-17-18(25-12-24-17)10-16(15)26-27/h4-10,14,19-20H,1,3,11-12,27H2,2H3/b8-7-,13-5+/t14-,19+,20-/m0/s1. The molecule has 0 aliphatic carbocycles. The maximum atomic E-state index is 12.6. The second kappa shape index (κ2) is 8.45. The zero-order chi connectivity index (χ0) is 19.4. The molecule has 6 heteroatoms. The topological polar surface area (TPSA) is 54.0 Å². The average Bonchev–Trinajstić information content (AvgIpc) is 3.29. The predicted octanol–water partition coefficient (Wildman–Crippen LogP) is 4.33. The first-order valence-corrected chi connectivity index (χ1v) is 9.16. The summed E-state index contributed by atoms with van der Waals surface area (Å²) in [6, 6.07) is 3.66. The number of hydrogen-bond acceptors (Lipinski definition) is 5. The van der Waals surface area contributed by atoms with Crippen molar-refractivity contribution >= 4 is 15.4 Å². The Morgan fingerprint density at radius 3 is 2.67 bits per heavy atom. The van der Waals surface area contributed by atoms with Gasteiger partial charge in [0.1, 0.15) is 5.75 Å². The number of ether oxygens (including phenoxy) is 3. The number of fused-ring (bicyclic) bond motifs is 1. The minimum absolute atomic E-state index is 0.0997. The van der Waals surface area contributed by atoms with Crippen LogP contribution >= 0.6 is 9.47 Å². The van der Waals surface area contributed by atoms with Crippen LogP contribution in [0, 0.1) is 11.8 Å². The van der Waals surface area contributed by atoms with Crippen molar-refractivity contribution in [2.45, 2.75) is 12.8 Å². The summed E-state index contributed by atoms with van der Waals surface area (Å²) in [7, 11) is 2.26. The molecule has 0 aromatic heterocycles. The maximum absolute atomic E-state index is 12.6. The Hall–Kier alpha value is -2.52. The molecular formula is C21H23O5P. The number of benzene rings is 1. The van der Waals surface area contributed by atoms with Crippen LogP contribution in [0.15, 0.2) is 61.2 Å². The lowest BCUT2D eigenvalue weighted by Gasteiger charge is -2.27. The summed E-state index contributed by atoms with van der Waals surface area (Å²) < 4.78 is 21.9. The Balaban J connectivity index is 2.18. The minimum atomic E-state index is -0.414. The molecule has 0 bridgehead atoms. The van der Waals surface area contributed by atoms with E-state index in [9.17, 15) is 4.79 Å². The summed E-state index contributed by atoms with van der Waals surface area (Å²) in [5.41, 5.74) is 1.78. The van der Waals surface area contributed by atoms with E-state index in [4.69, 9.17) is 18.7 Å². The number of rotatable bonds is 7. The lowest BCUT2D eigenvalue weighted by atomic mass is 9.74. The largest absolute Gasteiger partial charge is 0.480 e. The van der Waals surface area contributed by atoms with Crippen LogP contribution in [0.2, 0.25) is 0 Å². The lowest BCUT2D eigenvalue weighted by molar-refractivity contribution is -0.141. The molecule has 0 amide bonds. The third kappa shape index (κ3) is 3.65. The number of carbonyl (C=O) groups is 1. The maximum Gasteiger partial charge on any atom is 0.310 e. The molecule has 2 aliphatic rings. The Bertz CT molecular complexity index is 811. The van der Waals surface area contributed by atoms with Gasteiger partial charge in [0.25, 0.3) is 0 Å². The van der Waals surface area contributed by atoms with Gasteiger partial charge >= 0.3 is 5.97 Å². The second-order valence-electron chi connectivity index (χ2n) is 6.28. The van der Waals surface area contributed by atoms with E-state index in [-0.39, 0.29) is 24.6 Å². The smallest absolute Gasteiger partial charge is 0.310 e. The van der Waals surface area contributed by atoms with Crippen LogP contribution in [-0.2, 0) is 9.53 Å². The number of carbonyl (C=O) groups excluding carboxylic acids is 1. The molecule has 3 rings (SSSR count). The van der Waals surface area contributed by atoms with Crippen molar-refractivity contribution in [1.29, 1.82) is 0 Å². The van der Waals surface area contributed by atoms with Crippen molar-refractivity contribution in [3.8, 4) is 17.2 Å². The van der Waals surface area contributed by atoms with Gasteiger partial charge in [-0.25, -0.2) is 0 Å². The monoisotopic (exact) mass is 386 g/mol. The first-order valence-electron chi connectivity index (χ1n) is 8.69. The quantitative estimate of drug-likeness (QED) is 0.302. The van der Waals surface area contributed by atoms with E-state index < -0.39 is 5.92 Å². The van der Waals surface area contributed by atoms with Crippen molar-refractivity contribution in [2.24, 2.45) is 11.8 Å². The fraction of sp³-hybridized carbons (Fsp3) is 0.286. The fourth-order valence-corrected chi connectivity index (χ4v) is 3.78. The highest BCUT2D eigenvalue weighted by Gasteiger charge is 2.44. The van der Waals surface area contributed by atoms with Crippen molar-refractivity contribution in [3.05, 3.63) is 66.8 Å². The molecule has 1 saturated heterocycles. The highest BCUT2D eigenvalue weighted by Crippen LogP contribution is 2.48. The lowest BCUT2D eigenvalue weighted by Crippen LogP contribution is -2.24. The highest BCUT2D eigenvalue weighted by molar-refractivity contribution is 7.10. The van der Waals surface area contributed by atoms with E-state index in [1.165, 1.54) is 0 Å². The zero-order valence-electron chi connectivity index (χ0n) is 15.2. The summed E-state index contributed by atoms with van der Waals surface area (Å²) in [6.45, 7) is 10.0. The Labute approximate surface area is 161 Å². The van der Waals surface area contributed by atoms with Crippen LogP contribution in [0.4, 0.5) is 0 Å². The average molecular weight is 386 g/mol. The predicted molar refractivity (Wildman–Crippen MR) is 107 cm³/mol. The zero-order valence-corrected chi connectivity index (χ0v) is 16.4. The van der Waals surface area contributed by atoms with Crippen LogP contribution in [0.5, 0.6) is 17.2 Å². The van der Waals surface area contributed by atoms with Crippen molar-refractivity contribution in [1.82, 2.24) is 0 Å². The molecule has 27 heavy (non-hydrogen) atoms. The van der Waals surface area contributed by atoms with E-state index in [1.54, 1.807) is 18.2 Å². The Kier molecular flexibility index (Phi) is 6.02. The van der Waals surface area contributed by atoms with Crippen LogP contribution in [-0.4, -0.2) is 19.4 Å². The fourth-order valence-electron chi connectivity index (χ4n) is 3.57. The molecule has 2 heterocycles. The molecule has 1 fully saturated rings. The molecule has 0 radical (unpaired) electrons. The first kappa shape index (κ1) is 19.2. The van der Waals surface area contributed by atoms with Crippen LogP contribution in [0.25, 0.3) is 0 Å². The molecule has 1 unspecified atom stereocenters. The van der Waals surface area contributed by atoms with E-state index in [2.05, 4.69) is 22.6 Å². The van der Waals surface area contributed by atoms with Gasteiger partial charge in [-0.3, -0.25) is 4.79 Å². The summed E-state index contributed by atoms with van der Waals surface area (Å²) in [6.07, 6.45) is 9.25. The van der Waals surface area contributed by atoms with Crippen molar-refractivity contribution in [2.75, 3.05) is 13.4 Å². The first-order chi connectivity index (χ1) is 13.1. The van der Waals surface area contributed by atoms with E-state index in [1.807, 2.05) is 31.2 Å². The van der Waals surface area contributed by atoms with Crippen LogP contribution in [0.3, 0.4) is 0 Å². The SMILES string of the molecule is C=C/C=C\C(=C/C)[C@H](c1cc2c(cc1OP)OCO2)[C@H]1C(=O)OC[C@@H]1C=C. The third-order valence-electron chi connectivity index (χ3n) is 4.90. The van der Waals surface area contributed by atoms with E-state index >= 15 is 0 Å². The van der Waals surface area contributed by atoms with Gasteiger partial charge < -0.3 is 18.7 Å². The molecule has 1 aromatic rings. The minimum Gasteiger partial charge on any atom is -0.480 e. The van der Waals surface area contributed by atoms with E-state index in [0.29, 0.717) is 23.9 Å². The number of allylic oxidation sites excluding steroid dienone is 5. The van der Waals surface area contributed by atoms with Crippen LogP contribution in [0.1, 0.15) is 18.4 Å². The van der Waals surface area contributed by atoms with Gasteiger partial charge in [0, 0.05) is 23.5 Å². The normalized spacial score (nSPS) is 22.6. The molecule has 4 atom stereocenters. The van der Waals surface area contributed by atoms with Crippen molar-refractivity contribution < 1.29 is 23.5 Å². The number of hydrogen-bond donors (Lipinski definition) is 0. The molecule has 0 N–H and O–H groups in total. The van der Waals surface area contributed by atoms with Gasteiger partial charge in [-0.1, -0.05) is 37.0 Å². The molecule has 0 spiro atoms. The number of esters is 1. The molecule has 0 saturated carbocycles. The summed E-state index contributed by atoms with van der Waals surface area (Å²) in [5, 5.41) is 0. The molecule has 5 nitrogen and oxygen atoms in total. The molecule has 142 valence electrons.